The zero-order valence-corrected chi connectivity index (χ0v) is 18.4. The van der Waals surface area contributed by atoms with E-state index in [2.05, 4.69) is 13.8 Å². The molecule has 2 nitrogen and oxygen atoms in total. The minimum Gasteiger partial charge on any atom is -0.299 e. The maximum absolute atomic E-state index is 12.9. The maximum Gasteiger partial charge on any atom is 0.173 e. The van der Waals surface area contributed by atoms with E-state index in [-0.39, 0.29) is 11.6 Å². The highest BCUT2D eigenvalue weighted by atomic mass is 16.1. The van der Waals surface area contributed by atoms with Crippen LogP contribution in [0.5, 0.6) is 0 Å². The van der Waals surface area contributed by atoms with E-state index in [1.165, 1.54) is 57.8 Å². The van der Waals surface area contributed by atoms with Gasteiger partial charge in [-0.15, -0.1) is 0 Å². The van der Waals surface area contributed by atoms with E-state index < -0.39 is 5.92 Å². The van der Waals surface area contributed by atoms with Crippen molar-refractivity contribution in [3.05, 3.63) is 35.9 Å². The van der Waals surface area contributed by atoms with E-state index >= 15 is 0 Å². The molecule has 0 radical (unpaired) electrons. The van der Waals surface area contributed by atoms with Crippen LogP contribution in [0.1, 0.15) is 121 Å². The van der Waals surface area contributed by atoms with Gasteiger partial charge in [-0.2, -0.15) is 0 Å². The van der Waals surface area contributed by atoms with Gasteiger partial charge in [0.15, 0.2) is 5.78 Å². The van der Waals surface area contributed by atoms with Crippen molar-refractivity contribution < 1.29 is 9.59 Å². The number of rotatable bonds is 18. The fourth-order valence-electron chi connectivity index (χ4n) is 3.80. The number of benzene rings is 1. The zero-order chi connectivity index (χ0) is 20.5. The average Bonchev–Trinajstić information content (AvgIpc) is 2.72. The summed E-state index contributed by atoms with van der Waals surface area (Å²) in [4.78, 5) is 25.8. The number of carbonyl (C=O) groups excluding carboxylic acids is 2. The van der Waals surface area contributed by atoms with Gasteiger partial charge in [0.05, 0.1) is 5.92 Å². The van der Waals surface area contributed by atoms with Gasteiger partial charge in [0, 0.05) is 12.0 Å². The second kappa shape index (κ2) is 16.5. The van der Waals surface area contributed by atoms with Crippen LogP contribution < -0.4 is 0 Å². The molecule has 0 aliphatic rings. The molecule has 0 heterocycles. The summed E-state index contributed by atoms with van der Waals surface area (Å²) < 4.78 is 0. The number of hydrogen-bond acceptors (Lipinski definition) is 2. The molecule has 1 aromatic carbocycles. The Labute approximate surface area is 173 Å². The lowest BCUT2D eigenvalue weighted by Crippen LogP contribution is -2.24. The molecule has 0 aliphatic heterocycles. The fourth-order valence-corrected chi connectivity index (χ4v) is 3.80. The lowest BCUT2D eigenvalue weighted by atomic mass is 9.86. The highest BCUT2D eigenvalue weighted by molar-refractivity contribution is 6.10. The first kappa shape index (κ1) is 24.6. The molecule has 0 bridgehead atoms. The van der Waals surface area contributed by atoms with E-state index in [4.69, 9.17) is 0 Å². The third-order valence-electron chi connectivity index (χ3n) is 5.64. The summed E-state index contributed by atoms with van der Waals surface area (Å²) in [6.07, 6.45) is 16.8. The molecule has 1 atom stereocenters. The molecule has 0 aromatic heterocycles. The Morgan fingerprint density at radius 3 is 1.75 bits per heavy atom. The Kier molecular flexibility index (Phi) is 14.5. The molecule has 28 heavy (non-hydrogen) atoms. The van der Waals surface area contributed by atoms with Gasteiger partial charge >= 0.3 is 0 Å². The van der Waals surface area contributed by atoms with Crippen molar-refractivity contribution in [3.63, 3.8) is 0 Å². The van der Waals surface area contributed by atoms with Crippen LogP contribution in [-0.4, -0.2) is 11.6 Å². The number of carbonyl (C=O) groups is 2. The zero-order valence-electron chi connectivity index (χ0n) is 18.4. The Morgan fingerprint density at radius 2 is 1.18 bits per heavy atom. The SMILES string of the molecule is CCCCCCCCCC(=O)C(CCCCCCCC)C(=O)c1ccccc1. The summed E-state index contributed by atoms with van der Waals surface area (Å²) >= 11 is 0. The summed E-state index contributed by atoms with van der Waals surface area (Å²) in [6.45, 7) is 4.45. The summed E-state index contributed by atoms with van der Waals surface area (Å²) in [6, 6.07) is 9.38. The lowest BCUT2D eigenvalue weighted by Gasteiger charge is -2.15. The van der Waals surface area contributed by atoms with Crippen LogP contribution in [0.2, 0.25) is 0 Å². The van der Waals surface area contributed by atoms with Crippen molar-refractivity contribution >= 4 is 11.6 Å². The molecule has 0 spiro atoms. The van der Waals surface area contributed by atoms with Crippen molar-refractivity contribution in [1.82, 2.24) is 0 Å². The van der Waals surface area contributed by atoms with E-state index in [9.17, 15) is 9.59 Å². The van der Waals surface area contributed by atoms with Gasteiger partial charge < -0.3 is 0 Å². The third kappa shape index (κ3) is 10.8. The highest BCUT2D eigenvalue weighted by Crippen LogP contribution is 2.21. The van der Waals surface area contributed by atoms with Gasteiger partial charge in [-0.25, -0.2) is 0 Å². The smallest absolute Gasteiger partial charge is 0.173 e. The molecule has 158 valence electrons. The minimum atomic E-state index is -0.436. The van der Waals surface area contributed by atoms with Gasteiger partial charge in [0.2, 0.25) is 0 Å². The van der Waals surface area contributed by atoms with Gasteiger partial charge in [0.1, 0.15) is 5.78 Å². The molecule has 0 amide bonds. The van der Waals surface area contributed by atoms with Crippen molar-refractivity contribution in [2.24, 2.45) is 5.92 Å². The van der Waals surface area contributed by atoms with Crippen molar-refractivity contribution in [2.75, 3.05) is 0 Å². The molecule has 2 heteroatoms. The Balaban J connectivity index is 2.47. The van der Waals surface area contributed by atoms with Gasteiger partial charge in [-0.3, -0.25) is 9.59 Å². The summed E-state index contributed by atoms with van der Waals surface area (Å²) in [7, 11) is 0. The molecule has 1 aromatic rings. The van der Waals surface area contributed by atoms with Gasteiger partial charge in [0.25, 0.3) is 0 Å². The normalized spacial score (nSPS) is 12.1. The minimum absolute atomic E-state index is 0.0297. The number of ketones is 2. The Bertz CT molecular complexity index is 520. The van der Waals surface area contributed by atoms with Crippen molar-refractivity contribution in [1.29, 1.82) is 0 Å². The predicted octanol–water partition coefficient (Wildman–Crippen LogP) is 7.95. The van der Waals surface area contributed by atoms with Crippen LogP contribution in [0.4, 0.5) is 0 Å². The third-order valence-corrected chi connectivity index (χ3v) is 5.64. The van der Waals surface area contributed by atoms with E-state index in [1.54, 1.807) is 0 Å². The molecule has 1 rings (SSSR count). The first-order valence-corrected chi connectivity index (χ1v) is 11.8. The molecular formula is C26H42O2. The number of hydrogen-bond donors (Lipinski definition) is 0. The van der Waals surface area contributed by atoms with E-state index in [0.717, 1.165) is 32.1 Å². The van der Waals surface area contributed by atoms with Gasteiger partial charge in [-0.1, -0.05) is 121 Å². The quantitative estimate of drug-likeness (QED) is 0.146. The molecular weight excluding hydrogens is 344 g/mol. The molecule has 0 fully saturated rings. The van der Waals surface area contributed by atoms with Gasteiger partial charge in [-0.05, 0) is 12.8 Å². The van der Waals surface area contributed by atoms with Crippen LogP contribution in [-0.2, 0) is 4.79 Å². The van der Waals surface area contributed by atoms with Crippen LogP contribution in [0, 0.1) is 5.92 Å². The first-order valence-electron chi connectivity index (χ1n) is 11.8. The van der Waals surface area contributed by atoms with Crippen LogP contribution in [0.15, 0.2) is 30.3 Å². The Hall–Kier alpha value is -1.44. The largest absolute Gasteiger partial charge is 0.299 e. The van der Waals surface area contributed by atoms with E-state index in [1.807, 2.05) is 30.3 Å². The number of Topliss-reactive ketones (excluding diaryl/α,β-unsaturated/α-hetero) is 2. The van der Waals surface area contributed by atoms with E-state index in [0.29, 0.717) is 12.0 Å². The predicted molar refractivity (Wildman–Crippen MR) is 120 cm³/mol. The maximum atomic E-state index is 12.9. The number of unbranched alkanes of at least 4 members (excludes halogenated alkanes) is 11. The van der Waals surface area contributed by atoms with Crippen molar-refractivity contribution in [3.8, 4) is 0 Å². The molecule has 0 saturated carbocycles. The van der Waals surface area contributed by atoms with Crippen LogP contribution >= 0.6 is 0 Å². The van der Waals surface area contributed by atoms with Crippen LogP contribution in [0.25, 0.3) is 0 Å². The summed E-state index contributed by atoms with van der Waals surface area (Å²) in [5.41, 5.74) is 0.686. The monoisotopic (exact) mass is 386 g/mol. The molecule has 1 unspecified atom stereocenters. The average molecular weight is 387 g/mol. The second-order valence-corrected chi connectivity index (χ2v) is 8.18. The Morgan fingerprint density at radius 1 is 0.679 bits per heavy atom. The van der Waals surface area contributed by atoms with Crippen LogP contribution in [0.3, 0.4) is 0 Å². The molecule has 0 saturated heterocycles. The van der Waals surface area contributed by atoms with Crippen molar-refractivity contribution in [2.45, 2.75) is 110 Å². The standard InChI is InChI=1S/C26H42O2/c1-3-5-7-9-11-13-18-22-25(27)24(21-17-12-10-8-6-4-2)26(28)23-19-15-14-16-20-23/h14-16,19-20,24H,3-13,17-18,21-22H2,1-2H3. The highest BCUT2D eigenvalue weighted by Gasteiger charge is 2.26. The first-order chi connectivity index (χ1) is 13.7. The molecule has 0 aliphatic carbocycles. The second-order valence-electron chi connectivity index (χ2n) is 8.18. The summed E-state index contributed by atoms with van der Waals surface area (Å²) in [5.74, 6) is -0.244. The summed E-state index contributed by atoms with van der Waals surface area (Å²) in [5, 5.41) is 0. The lowest BCUT2D eigenvalue weighted by molar-refractivity contribution is -0.121. The topological polar surface area (TPSA) is 34.1 Å². The molecule has 0 N–H and O–H groups in total. The fraction of sp³-hybridized carbons (Fsp3) is 0.692.